The van der Waals surface area contributed by atoms with Crippen LogP contribution in [0.25, 0.3) is 0 Å². The molecule has 168 valence electrons. The van der Waals surface area contributed by atoms with Crippen LogP contribution in [0.15, 0.2) is 103 Å². The van der Waals surface area contributed by atoms with Gasteiger partial charge >= 0.3 is 0 Å². The van der Waals surface area contributed by atoms with Gasteiger partial charge in [-0.2, -0.15) is 0 Å². The highest BCUT2D eigenvalue weighted by Gasteiger charge is 2.22. The second kappa shape index (κ2) is 10.4. The summed E-state index contributed by atoms with van der Waals surface area (Å²) in [5, 5.41) is 0. The molecule has 4 aromatic rings. The molecule has 0 spiro atoms. The molecule has 4 aromatic carbocycles. The second-order valence-corrected chi connectivity index (χ2v) is 8.76. The predicted molar refractivity (Wildman–Crippen MR) is 134 cm³/mol. The number of nitrogens with two attached hydrogens (primary N) is 1. The lowest BCUT2D eigenvalue weighted by molar-refractivity contribution is 0.299. The Kier molecular flexibility index (Phi) is 7.11. The number of ether oxygens (including phenoxy) is 2. The van der Waals surface area contributed by atoms with Crippen molar-refractivity contribution in [3.8, 4) is 11.5 Å². The standard InChI is InChI=1S/C30H31NO2/c1-30(2,26-9-4-3-5-10-26)27-13-17-29(18-14-27)33-22-25-8-6-7-24(19-25)21-32-28-15-11-23(20-31)12-16-28/h3-19H,20-22,31H2,1-2H3. The van der Waals surface area contributed by atoms with E-state index in [-0.39, 0.29) is 5.41 Å². The summed E-state index contributed by atoms with van der Waals surface area (Å²) in [6.07, 6.45) is 0. The quantitative estimate of drug-likeness (QED) is 0.320. The maximum Gasteiger partial charge on any atom is 0.119 e. The fraction of sp³-hybridized carbons (Fsp3) is 0.200. The molecular weight excluding hydrogens is 406 g/mol. The van der Waals surface area contributed by atoms with Crippen LogP contribution >= 0.6 is 0 Å². The van der Waals surface area contributed by atoms with Gasteiger partial charge in [0.1, 0.15) is 24.7 Å². The molecule has 0 aliphatic heterocycles. The lowest BCUT2D eigenvalue weighted by Crippen LogP contribution is -2.18. The summed E-state index contributed by atoms with van der Waals surface area (Å²) < 4.78 is 12.0. The summed E-state index contributed by atoms with van der Waals surface area (Å²) in [6.45, 7) is 6.06. The summed E-state index contributed by atoms with van der Waals surface area (Å²) in [4.78, 5) is 0. The molecule has 0 radical (unpaired) electrons. The Morgan fingerprint density at radius 1 is 0.576 bits per heavy atom. The highest BCUT2D eigenvalue weighted by Crippen LogP contribution is 2.32. The van der Waals surface area contributed by atoms with E-state index in [0.717, 1.165) is 28.2 Å². The van der Waals surface area contributed by atoms with Gasteiger partial charge in [0.05, 0.1) is 0 Å². The molecule has 0 aliphatic rings. The highest BCUT2D eigenvalue weighted by molar-refractivity contribution is 5.40. The third-order valence-electron chi connectivity index (χ3n) is 6.03. The summed E-state index contributed by atoms with van der Waals surface area (Å²) in [6, 6.07) is 35.2. The molecule has 0 unspecified atom stereocenters. The number of hydrogen-bond acceptors (Lipinski definition) is 3. The lowest BCUT2D eigenvalue weighted by Gasteiger charge is -2.26. The monoisotopic (exact) mass is 437 g/mol. The zero-order valence-corrected chi connectivity index (χ0v) is 19.3. The molecule has 3 heteroatoms. The van der Waals surface area contributed by atoms with Gasteiger partial charge in [-0.3, -0.25) is 0 Å². The zero-order chi connectivity index (χ0) is 23.1. The van der Waals surface area contributed by atoms with Crippen LogP contribution in [-0.4, -0.2) is 0 Å². The molecule has 0 bridgehead atoms. The van der Waals surface area contributed by atoms with Crippen molar-refractivity contribution >= 4 is 0 Å². The van der Waals surface area contributed by atoms with Gasteiger partial charge in [0.15, 0.2) is 0 Å². The Hall–Kier alpha value is -3.56. The first-order valence-corrected chi connectivity index (χ1v) is 11.3. The van der Waals surface area contributed by atoms with E-state index in [0.29, 0.717) is 19.8 Å². The van der Waals surface area contributed by atoms with Crippen molar-refractivity contribution in [2.24, 2.45) is 5.73 Å². The smallest absolute Gasteiger partial charge is 0.119 e. The zero-order valence-electron chi connectivity index (χ0n) is 19.3. The van der Waals surface area contributed by atoms with E-state index in [9.17, 15) is 0 Å². The minimum atomic E-state index is -0.0568. The molecule has 2 N–H and O–H groups in total. The predicted octanol–water partition coefficient (Wildman–Crippen LogP) is 6.63. The van der Waals surface area contributed by atoms with Crippen LogP contribution < -0.4 is 15.2 Å². The Bertz CT molecular complexity index is 1150. The van der Waals surface area contributed by atoms with Gasteiger partial charge in [-0.25, -0.2) is 0 Å². The molecule has 0 heterocycles. The van der Waals surface area contributed by atoms with Crippen LogP contribution in [-0.2, 0) is 25.2 Å². The van der Waals surface area contributed by atoms with Crippen LogP contribution in [0.2, 0.25) is 0 Å². The summed E-state index contributed by atoms with van der Waals surface area (Å²) in [5.74, 6) is 1.71. The second-order valence-electron chi connectivity index (χ2n) is 8.76. The maximum absolute atomic E-state index is 6.06. The van der Waals surface area contributed by atoms with Crippen molar-refractivity contribution in [1.82, 2.24) is 0 Å². The molecule has 33 heavy (non-hydrogen) atoms. The maximum atomic E-state index is 6.06. The third kappa shape index (κ3) is 5.82. The SMILES string of the molecule is CC(C)(c1ccccc1)c1ccc(OCc2cccc(COc3ccc(CN)cc3)c2)cc1. The van der Waals surface area contributed by atoms with Gasteiger partial charge in [-0.15, -0.1) is 0 Å². The molecule has 0 aromatic heterocycles. The highest BCUT2D eigenvalue weighted by atomic mass is 16.5. The first-order valence-electron chi connectivity index (χ1n) is 11.3. The number of hydrogen-bond donors (Lipinski definition) is 1. The van der Waals surface area contributed by atoms with Gasteiger partial charge in [-0.1, -0.05) is 86.6 Å². The van der Waals surface area contributed by atoms with Crippen molar-refractivity contribution in [3.63, 3.8) is 0 Å². The van der Waals surface area contributed by atoms with Crippen molar-refractivity contribution in [3.05, 3.63) is 131 Å². The van der Waals surface area contributed by atoms with Crippen molar-refractivity contribution in [2.75, 3.05) is 0 Å². The lowest BCUT2D eigenvalue weighted by atomic mass is 9.78. The van der Waals surface area contributed by atoms with E-state index >= 15 is 0 Å². The molecule has 0 saturated heterocycles. The Morgan fingerprint density at radius 3 is 1.64 bits per heavy atom. The molecule has 3 nitrogen and oxygen atoms in total. The van der Waals surface area contributed by atoms with Crippen molar-refractivity contribution in [1.29, 1.82) is 0 Å². The van der Waals surface area contributed by atoms with Crippen LogP contribution in [0.5, 0.6) is 11.5 Å². The Morgan fingerprint density at radius 2 is 1.09 bits per heavy atom. The fourth-order valence-corrected chi connectivity index (χ4v) is 3.85. The van der Waals surface area contributed by atoms with E-state index in [2.05, 4.69) is 86.6 Å². The van der Waals surface area contributed by atoms with Crippen LogP contribution in [0.3, 0.4) is 0 Å². The van der Waals surface area contributed by atoms with Crippen molar-refractivity contribution < 1.29 is 9.47 Å². The van der Waals surface area contributed by atoms with Gasteiger partial charge in [0.2, 0.25) is 0 Å². The molecule has 0 amide bonds. The van der Waals surface area contributed by atoms with E-state index in [4.69, 9.17) is 15.2 Å². The molecular formula is C30H31NO2. The van der Waals surface area contributed by atoms with Gasteiger partial charge in [-0.05, 0) is 58.1 Å². The fourth-order valence-electron chi connectivity index (χ4n) is 3.85. The van der Waals surface area contributed by atoms with Gasteiger partial charge in [0.25, 0.3) is 0 Å². The molecule has 0 atom stereocenters. The normalized spacial score (nSPS) is 11.2. The third-order valence-corrected chi connectivity index (χ3v) is 6.03. The topological polar surface area (TPSA) is 44.5 Å². The Balaban J connectivity index is 1.34. The Labute approximate surface area is 196 Å². The number of rotatable bonds is 9. The van der Waals surface area contributed by atoms with Crippen molar-refractivity contribution in [2.45, 2.75) is 39.0 Å². The van der Waals surface area contributed by atoms with Gasteiger partial charge in [0, 0.05) is 12.0 Å². The van der Waals surface area contributed by atoms with E-state index < -0.39 is 0 Å². The minimum absolute atomic E-state index is 0.0568. The molecule has 0 saturated carbocycles. The van der Waals surface area contributed by atoms with Crippen LogP contribution in [0, 0.1) is 0 Å². The minimum Gasteiger partial charge on any atom is -0.489 e. The summed E-state index contributed by atoms with van der Waals surface area (Å²) in [5.41, 5.74) is 11.5. The molecule has 0 aliphatic carbocycles. The first-order chi connectivity index (χ1) is 16.0. The number of benzene rings is 4. The van der Waals surface area contributed by atoms with E-state index in [1.807, 2.05) is 30.3 Å². The van der Waals surface area contributed by atoms with Crippen LogP contribution in [0.4, 0.5) is 0 Å². The van der Waals surface area contributed by atoms with Crippen LogP contribution in [0.1, 0.15) is 41.7 Å². The van der Waals surface area contributed by atoms with E-state index in [1.54, 1.807) is 0 Å². The van der Waals surface area contributed by atoms with E-state index in [1.165, 1.54) is 11.1 Å². The average molecular weight is 438 g/mol. The first kappa shape index (κ1) is 22.6. The molecule has 4 rings (SSSR count). The average Bonchev–Trinajstić information content (AvgIpc) is 2.87. The molecule has 0 fully saturated rings. The summed E-state index contributed by atoms with van der Waals surface area (Å²) >= 11 is 0. The largest absolute Gasteiger partial charge is 0.489 e. The summed E-state index contributed by atoms with van der Waals surface area (Å²) in [7, 11) is 0. The van der Waals surface area contributed by atoms with Gasteiger partial charge < -0.3 is 15.2 Å².